The Kier molecular flexibility index (Phi) is 13.0. The van der Waals surface area contributed by atoms with Crippen molar-refractivity contribution in [3.8, 4) is 68.7 Å². The summed E-state index contributed by atoms with van der Waals surface area (Å²) in [5, 5.41) is 0. The first-order valence-electron chi connectivity index (χ1n) is 14.7. The van der Waals surface area contributed by atoms with Gasteiger partial charge in [-0.15, -0.1) is 0 Å². The minimum Gasteiger partial charge on any atom is -0.437 e. The number of hydrogen-bond acceptors (Lipinski definition) is 21. The third-order valence-electron chi connectivity index (χ3n) is 6.40. The Morgan fingerprint density at radius 3 is 0.796 bits per heavy atom. The summed E-state index contributed by atoms with van der Waals surface area (Å²) in [6.45, 7) is 0. The standard InChI is InChI=1S/C33H27N3O18/c1-43-28(37)49-16-7-10-19(22(13-16)52-31(40)46-4)25-34-26(20-11-8-17(50-29(38)44-2)14-23(20)53-32(41)47-5)36-27(35-25)21-12-9-18(51-30(39)45-3)15-24(21)54-33(42)48-6/h7-15H,1-6H3. The quantitative estimate of drug-likeness (QED) is 0.112. The summed E-state index contributed by atoms with van der Waals surface area (Å²) in [6.07, 6.45) is -6.84. The Morgan fingerprint density at radius 1 is 0.352 bits per heavy atom. The third-order valence-corrected chi connectivity index (χ3v) is 6.40. The highest BCUT2D eigenvalue weighted by molar-refractivity contribution is 5.80. The number of carbonyl (C=O) groups is 6. The largest absolute Gasteiger partial charge is 0.513 e. The highest BCUT2D eigenvalue weighted by Gasteiger charge is 2.24. The van der Waals surface area contributed by atoms with E-state index in [0.717, 1.165) is 60.9 Å². The van der Waals surface area contributed by atoms with Crippen molar-refractivity contribution in [3.63, 3.8) is 0 Å². The second kappa shape index (κ2) is 18.0. The maximum absolute atomic E-state index is 12.3. The molecule has 0 saturated carbocycles. The average Bonchev–Trinajstić information content (AvgIpc) is 3.17. The van der Waals surface area contributed by atoms with Gasteiger partial charge in [-0.25, -0.2) is 43.7 Å². The minimum atomic E-state index is -1.19. The van der Waals surface area contributed by atoms with E-state index >= 15 is 0 Å². The summed E-state index contributed by atoms with van der Waals surface area (Å²) in [4.78, 5) is 85.9. The highest BCUT2D eigenvalue weighted by Crippen LogP contribution is 2.39. The van der Waals surface area contributed by atoms with Crippen LogP contribution in [0.2, 0.25) is 0 Å². The fourth-order valence-corrected chi connectivity index (χ4v) is 4.05. The zero-order chi connectivity index (χ0) is 39.4. The molecular formula is C33H27N3O18. The van der Waals surface area contributed by atoms with E-state index < -0.39 is 36.9 Å². The van der Waals surface area contributed by atoms with Gasteiger partial charge >= 0.3 is 36.9 Å². The Balaban J connectivity index is 2.05. The molecule has 0 fully saturated rings. The molecule has 3 aromatic carbocycles. The number of nitrogens with zero attached hydrogens (tertiary/aromatic N) is 3. The number of rotatable bonds is 9. The van der Waals surface area contributed by atoms with Gasteiger partial charge in [-0.05, 0) is 36.4 Å². The topological polar surface area (TPSA) is 252 Å². The summed E-state index contributed by atoms with van der Waals surface area (Å²) in [5.41, 5.74) is -0.112. The summed E-state index contributed by atoms with van der Waals surface area (Å²) in [5.74, 6) is -2.06. The van der Waals surface area contributed by atoms with Gasteiger partial charge in [-0.1, -0.05) is 0 Å². The van der Waals surface area contributed by atoms with Gasteiger partial charge in [0.15, 0.2) is 17.5 Å². The summed E-state index contributed by atoms with van der Waals surface area (Å²) >= 11 is 0. The van der Waals surface area contributed by atoms with Crippen LogP contribution in [0.25, 0.3) is 34.2 Å². The minimum absolute atomic E-state index is 0.0373. The van der Waals surface area contributed by atoms with Crippen LogP contribution in [-0.2, 0) is 28.4 Å². The molecule has 1 heterocycles. The van der Waals surface area contributed by atoms with Gasteiger partial charge in [0.05, 0.1) is 59.3 Å². The second-order valence-electron chi connectivity index (χ2n) is 9.62. The Morgan fingerprint density at radius 2 is 0.574 bits per heavy atom. The fraction of sp³-hybridized carbons (Fsp3) is 0.182. The molecule has 0 spiro atoms. The summed E-state index contributed by atoms with van der Waals surface area (Å²) in [7, 11) is 6.37. The number of aromatic nitrogens is 3. The highest BCUT2D eigenvalue weighted by atomic mass is 16.7. The number of benzene rings is 3. The predicted molar refractivity (Wildman–Crippen MR) is 174 cm³/mol. The molecule has 0 radical (unpaired) electrons. The molecule has 0 aliphatic rings. The lowest BCUT2D eigenvalue weighted by atomic mass is 10.1. The molecule has 1 aromatic heterocycles. The van der Waals surface area contributed by atoms with Gasteiger partial charge in [-0.3, -0.25) is 0 Å². The molecule has 0 atom stereocenters. The molecule has 0 bridgehead atoms. The van der Waals surface area contributed by atoms with E-state index in [2.05, 4.69) is 43.4 Å². The van der Waals surface area contributed by atoms with Gasteiger partial charge in [-0.2, -0.15) is 0 Å². The van der Waals surface area contributed by atoms with Crippen LogP contribution >= 0.6 is 0 Å². The van der Waals surface area contributed by atoms with Crippen LogP contribution in [0.15, 0.2) is 54.6 Å². The molecule has 0 amide bonds. The number of methoxy groups -OCH3 is 6. The van der Waals surface area contributed by atoms with E-state index in [-0.39, 0.29) is 68.7 Å². The van der Waals surface area contributed by atoms with Crippen LogP contribution in [0.5, 0.6) is 34.5 Å². The molecule has 4 aromatic rings. The van der Waals surface area contributed by atoms with Gasteiger partial charge in [0, 0.05) is 18.2 Å². The van der Waals surface area contributed by atoms with E-state index in [1.807, 2.05) is 0 Å². The molecule has 0 saturated heterocycles. The normalized spacial score (nSPS) is 10.1. The van der Waals surface area contributed by atoms with Crippen molar-refractivity contribution in [1.29, 1.82) is 0 Å². The van der Waals surface area contributed by atoms with Crippen molar-refractivity contribution in [2.75, 3.05) is 42.7 Å². The van der Waals surface area contributed by atoms with Crippen molar-refractivity contribution < 1.29 is 85.6 Å². The smallest absolute Gasteiger partial charge is 0.437 e. The van der Waals surface area contributed by atoms with Crippen molar-refractivity contribution in [1.82, 2.24) is 15.0 Å². The Hall–Kier alpha value is -7.71. The van der Waals surface area contributed by atoms with Gasteiger partial charge in [0.25, 0.3) is 0 Å². The van der Waals surface area contributed by atoms with Crippen molar-refractivity contribution >= 4 is 36.9 Å². The van der Waals surface area contributed by atoms with Gasteiger partial charge in [0.1, 0.15) is 34.5 Å². The third kappa shape index (κ3) is 9.96. The molecular weight excluding hydrogens is 726 g/mol. The number of ether oxygens (including phenoxy) is 12. The van der Waals surface area contributed by atoms with Crippen LogP contribution in [0.3, 0.4) is 0 Å². The fourth-order valence-electron chi connectivity index (χ4n) is 4.05. The van der Waals surface area contributed by atoms with E-state index in [9.17, 15) is 28.8 Å². The SMILES string of the molecule is COC(=O)Oc1ccc(-c2nc(-c3ccc(OC(=O)OC)cc3OC(=O)OC)nc(-c3ccc(OC(=O)OC)cc3OC(=O)OC)n2)c(OC(=O)OC)c1. The van der Waals surface area contributed by atoms with Crippen molar-refractivity contribution in [3.05, 3.63) is 54.6 Å². The zero-order valence-corrected chi connectivity index (χ0v) is 28.9. The van der Waals surface area contributed by atoms with Gasteiger partial charge < -0.3 is 56.8 Å². The predicted octanol–water partition coefficient (Wildman–Crippen LogP) is 5.74. The van der Waals surface area contributed by atoms with E-state index in [1.165, 1.54) is 36.4 Å². The van der Waals surface area contributed by atoms with Crippen LogP contribution in [0.4, 0.5) is 28.8 Å². The lowest BCUT2D eigenvalue weighted by Gasteiger charge is -2.15. The molecule has 0 unspecified atom stereocenters. The van der Waals surface area contributed by atoms with Crippen LogP contribution in [0.1, 0.15) is 0 Å². The van der Waals surface area contributed by atoms with E-state index in [4.69, 9.17) is 28.4 Å². The van der Waals surface area contributed by atoms with Crippen molar-refractivity contribution in [2.45, 2.75) is 0 Å². The molecule has 0 aliphatic heterocycles. The van der Waals surface area contributed by atoms with Crippen LogP contribution in [-0.4, -0.2) is 94.5 Å². The van der Waals surface area contributed by atoms with Gasteiger partial charge in [0.2, 0.25) is 0 Å². The molecule has 21 heteroatoms. The molecule has 54 heavy (non-hydrogen) atoms. The average molecular weight is 754 g/mol. The number of hydrogen-bond donors (Lipinski definition) is 0. The van der Waals surface area contributed by atoms with E-state index in [0.29, 0.717) is 0 Å². The second-order valence-corrected chi connectivity index (χ2v) is 9.62. The maximum atomic E-state index is 12.3. The number of carbonyl (C=O) groups excluding carboxylic acids is 6. The molecule has 0 N–H and O–H groups in total. The summed E-state index contributed by atoms with van der Waals surface area (Å²) < 4.78 is 58.6. The first-order chi connectivity index (χ1) is 25.9. The molecule has 21 nitrogen and oxygen atoms in total. The van der Waals surface area contributed by atoms with Crippen LogP contribution in [0, 0.1) is 0 Å². The van der Waals surface area contributed by atoms with Crippen molar-refractivity contribution in [2.24, 2.45) is 0 Å². The Labute approximate surface area is 303 Å². The molecule has 282 valence electrons. The molecule has 4 rings (SSSR count). The lowest BCUT2D eigenvalue weighted by molar-refractivity contribution is 0.118. The zero-order valence-electron chi connectivity index (χ0n) is 28.9. The lowest BCUT2D eigenvalue weighted by Crippen LogP contribution is -2.12. The monoisotopic (exact) mass is 753 g/mol. The first-order valence-corrected chi connectivity index (χ1v) is 14.7. The maximum Gasteiger partial charge on any atom is 0.513 e. The summed E-state index contributed by atoms with van der Waals surface area (Å²) in [6, 6.07) is 11.2. The Bertz CT molecular complexity index is 1840. The molecule has 0 aliphatic carbocycles. The first kappa shape index (κ1) is 39.1. The van der Waals surface area contributed by atoms with E-state index in [1.54, 1.807) is 0 Å². The van der Waals surface area contributed by atoms with Crippen LogP contribution < -0.4 is 28.4 Å².